The molecule has 52 valence electrons. The number of hydrogen-bond donors (Lipinski definition) is 1. The summed E-state index contributed by atoms with van der Waals surface area (Å²) < 4.78 is 0. The Hall–Kier alpha value is 0.907. The molecule has 0 aliphatic rings. The monoisotopic (exact) mass is 141 g/mol. The topological polar surface area (TPSA) is 3.24 Å². The van der Waals surface area contributed by atoms with Crippen LogP contribution in [0.5, 0.6) is 0 Å². The van der Waals surface area contributed by atoms with Crippen LogP contribution in [0.2, 0.25) is 0 Å². The van der Waals surface area contributed by atoms with Gasteiger partial charge in [-0.2, -0.15) is 12.6 Å². The molecular weight excluding hydrogens is 125 g/mol. The zero-order valence-corrected chi connectivity index (χ0v) is 7.62. The molecule has 0 aliphatic heterocycles. The Labute approximate surface area is 77.3 Å². The molecule has 1 nitrogen and oxygen atoms in total. The Morgan fingerprint density at radius 3 is 1.89 bits per heavy atom. The maximum atomic E-state index is 4.13. The van der Waals surface area contributed by atoms with Gasteiger partial charge in [0, 0.05) is 12.3 Å². The van der Waals surface area contributed by atoms with E-state index in [1.807, 2.05) is 0 Å². The molecule has 0 aromatic heterocycles. The second-order valence-corrected chi connectivity index (χ2v) is 2.20. The second kappa shape index (κ2) is 8.91. The average molecular weight is 141 g/mol. The molecule has 0 heterocycles. The van der Waals surface area contributed by atoms with E-state index in [9.17, 15) is 0 Å². The third-order valence-corrected chi connectivity index (χ3v) is 1.51. The zero-order valence-electron chi connectivity index (χ0n) is 7.72. The Morgan fingerprint density at radius 1 is 1.33 bits per heavy atom. The van der Waals surface area contributed by atoms with E-state index in [2.05, 4.69) is 31.4 Å². The molecule has 0 unspecified atom stereocenters. The SMILES string of the molecule is CCN(CC)CCS.[H-].[Li+]. The maximum Gasteiger partial charge on any atom is 1.00 e. The Balaban J connectivity index is -0.000000245. The van der Waals surface area contributed by atoms with Gasteiger partial charge in [-0.05, 0) is 13.1 Å². The van der Waals surface area contributed by atoms with E-state index in [0.29, 0.717) is 0 Å². The molecule has 0 bridgehead atoms. The number of thiol groups is 1. The first-order valence-corrected chi connectivity index (χ1v) is 3.81. The van der Waals surface area contributed by atoms with Gasteiger partial charge >= 0.3 is 18.9 Å². The minimum atomic E-state index is 0. The predicted molar refractivity (Wildman–Crippen MR) is 42.8 cm³/mol. The molecule has 0 spiro atoms. The summed E-state index contributed by atoms with van der Waals surface area (Å²) in [6.07, 6.45) is 0. The van der Waals surface area contributed by atoms with E-state index in [4.69, 9.17) is 0 Å². The summed E-state index contributed by atoms with van der Waals surface area (Å²) in [6.45, 7) is 7.77. The van der Waals surface area contributed by atoms with Crippen LogP contribution in [-0.4, -0.2) is 30.3 Å². The van der Waals surface area contributed by atoms with Crippen molar-refractivity contribution in [2.75, 3.05) is 25.4 Å². The standard InChI is InChI=1S/C6H15NS.Li.H/c1-3-7(4-2)5-6-8;;/h8H,3-6H2,1-2H3;;/q;+1;-1. The van der Waals surface area contributed by atoms with Gasteiger partial charge in [0.1, 0.15) is 0 Å². The molecule has 3 heteroatoms. The third kappa shape index (κ3) is 6.80. The van der Waals surface area contributed by atoms with Crippen molar-refractivity contribution in [1.29, 1.82) is 0 Å². The second-order valence-electron chi connectivity index (χ2n) is 1.75. The van der Waals surface area contributed by atoms with Crippen LogP contribution < -0.4 is 18.9 Å². The molecule has 0 atom stereocenters. The maximum absolute atomic E-state index is 4.13. The summed E-state index contributed by atoms with van der Waals surface area (Å²) >= 11 is 4.13. The minimum absolute atomic E-state index is 0. The van der Waals surface area contributed by atoms with E-state index in [0.717, 1.165) is 25.4 Å². The average Bonchev–Trinajstić information content (AvgIpc) is 1.83. The molecule has 0 radical (unpaired) electrons. The van der Waals surface area contributed by atoms with Crippen LogP contribution in [-0.2, 0) is 0 Å². The number of nitrogens with zero attached hydrogens (tertiary/aromatic N) is 1. The first-order chi connectivity index (χ1) is 3.85. The van der Waals surface area contributed by atoms with Crippen molar-refractivity contribution in [3.8, 4) is 0 Å². The largest absolute Gasteiger partial charge is 1.00 e. The summed E-state index contributed by atoms with van der Waals surface area (Å²) in [5.74, 6) is 0.974. The quantitative estimate of drug-likeness (QED) is 0.363. The van der Waals surface area contributed by atoms with Crippen LogP contribution in [0.1, 0.15) is 15.3 Å². The van der Waals surface area contributed by atoms with Crippen molar-refractivity contribution in [2.45, 2.75) is 13.8 Å². The number of rotatable bonds is 4. The Bertz CT molecular complexity index is 53.0. The van der Waals surface area contributed by atoms with Crippen LogP contribution in [0.25, 0.3) is 0 Å². The fourth-order valence-corrected chi connectivity index (χ4v) is 0.964. The zero-order chi connectivity index (χ0) is 6.41. The van der Waals surface area contributed by atoms with Gasteiger partial charge in [-0.15, -0.1) is 0 Å². The summed E-state index contributed by atoms with van der Waals surface area (Å²) in [5.41, 5.74) is 0. The van der Waals surface area contributed by atoms with Gasteiger partial charge in [0.15, 0.2) is 0 Å². The van der Waals surface area contributed by atoms with Crippen LogP contribution in [0.15, 0.2) is 0 Å². The minimum Gasteiger partial charge on any atom is -1.00 e. The molecule has 0 aromatic rings. The van der Waals surface area contributed by atoms with Crippen LogP contribution in [0.4, 0.5) is 0 Å². The molecule has 0 rings (SSSR count). The van der Waals surface area contributed by atoms with Gasteiger partial charge in [0.2, 0.25) is 0 Å². The van der Waals surface area contributed by atoms with Crippen molar-refractivity contribution < 1.29 is 20.3 Å². The molecule has 0 saturated heterocycles. The normalized spacial score (nSPS) is 9.33. The number of hydrogen-bond acceptors (Lipinski definition) is 2. The van der Waals surface area contributed by atoms with Crippen molar-refractivity contribution in [2.24, 2.45) is 0 Å². The molecule has 0 amide bonds. The van der Waals surface area contributed by atoms with Crippen LogP contribution in [0, 0.1) is 0 Å². The van der Waals surface area contributed by atoms with Crippen molar-refractivity contribution >= 4 is 12.6 Å². The van der Waals surface area contributed by atoms with Crippen LogP contribution >= 0.6 is 12.6 Å². The van der Waals surface area contributed by atoms with Gasteiger partial charge < -0.3 is 6.33 Å². The van der Waals surface area contributed by atoms with E-state index in [1.165, 1.54) is 0 Å². The fraction of sp³-hybridized carbons (Fsp3) is 1.00. The molecule has 0 aromatic carbocycles. The predicted octanol–water partition coefficient (Wildman–Crippen LogP) is -1.63. The summed E-state index contributed by atoms with van der Waals surface area (Å²) in [6, 6.07) is 0. The molecule has 0 aliphatic carbocycles. The van der Waals surface area contributed by atoms with Gasteiger partial charge in [-0.1, -0.05) is 13.8 Å². The molecule has 0 fully saturated rings. The van der Waals surface area contributed by atoms with E-state index < -0.39 is 0 Å². The van der Waals surface area contributed by atoms with E-state index in [1.54, 1.807) is 0 Å². The fourth-order valence-electron chi connectivity index (χ4n) is 0.681. The third-order valence-electron chi connectivity index (χ3n) is 1.31. The first kappa shape index (κ1) is 12.6. The molecule has 0 N–H and O–H groups in total. The van der Waals surface area contributed by atoms with Crippen molar-refractivity contribution in [3.63, 3.8) is 0 Å². The summed E-state index contributed by atoms with van der Waals surface area (Å²) in [4.78, 5) is 2.35. The first-order valence-electron chi connectivity index (χ1n) is 3.18. The van der Waals surface area contributed by atoms with Crippen LogP contribution in [0.3, 0.4) is 0 Å². The van der Waals surface area contributed by atoms with Gasteiger partial charge in [0.05, 0.1) is 0 Å². The Morgan fingerprint density at radius 2 is 1.78 bits per heavy atom. The van der Waals surface area contributed by atoms with Gasteiger partial charge in [0.25, 0.3) is 0 Å². The van der Waals surface area contributed by atoms with Gasteiger partial charge in [-0.3, -0.25) is 0 Å². The molecular formula is C6H16LiNS. The smallest absolute Gasteiger partial charge is 1.00 e. The van der Waals surface area contributed by atoms with Crippen molar-refractivity contribution in [3.05, 3.63) is 0 Å². The van der Waals surface area contributed by atoms with E-state index in [-0.39, 0.29) is 20.3 Å². The van der Waals surface area contributed by atoms with Gasteiger partial charge in [-0.25, -0.2) is 0 Å². The summed E-state index contributed by atoms with van der Waals surface area (Å²) in [7, 11) is 0. The molecule has 0 saturated carbocycles. The molecule has 9 heavy (non-hydrogen) atoms. The van der Waals surface area contributed by atoms with Crippen molar-refractivity contribution in [1.82, 2.24) is 4.90 Å². The Kier molecular flexibility index (Phi) is 12.4. The van der Waals surface area contributed by atoms with E-state index >= 15 is 0 Å². The summed E-state index contributed by atoms with van der Waals surface area (Å²) in [5, 5.41) is 0.